The number of nitrogens with zero attached hydrogens (tertiary/aromatic N) is 4. The van der Waals surface area contributed by atoms with E-state index in [1.54, 1.807) is 0 Å². The summed E-state index contributed by atoms with van der Waals surface area (Å²) < 4.78 is 0. The average Bonchev–Trinajstić information content (AvgIpc) is 4.04. The first-order chi connectivity index (χ1) is 27.8. The zero-order valence-corrected chi connectivity index (χ0v) is 30.6. The summed E-state index contributed by atoms with van der Waals surface area (Å²) in [5, 5.41) is 8.06. The Morgan fingerprint density at radius 3 is 0.789 bits per heavy atom. The summed E-state index contributed by atoms with van der Waals surface area (Å²) in [7, 11) is 0. The summed E-state index contributed by atoms with van der Waals surface area (Å²) in [5.74, 6) is -1.17. The summed E-state index contributed by atoms with van der Waals surface area (Å²) in [6.07, 6.45) is 16.1. The van der Waals surface area contributed by atoms with Crippen LogP contribution in [0.3, 0.4) is 0 Å². The van der Waals surface area contributed by atoms with E-state index in [1.807, 2.05) is 97.1 Å². The summed E-state index contributed by atoms with van der Waals surface area (Å²) in [5.41, 5.74) is 20.6. The highest BCUT2D eigenvalue weighted by molar-refractivity contribution is 5.84. The lowest BCUT2D eigenvalue weighted by atomic mass is 10.2. The van der Waals surface area contributed by atoms with Crippen molar-refractivity contribution in [2.45, 2.75) is 12.8 Å². The second-order valence-electron chi connectivity index (χ2n) is 13.4. The first-order valence-electron chi connectivity index (χ1n) is 18.3. The minimum atomic E-state index is -0.961. The van der Waals surface area contributed by atoms with Crippen molar-refractivity contribution in [3.63, 3.8) is 0 Å². The maximum Gasteiger partial charge on any atom is 0.303 e. The number of rotatable bonds is 4. The molecule has 6 aromatic heterocycles. The Balaban J connectivity index is 0.000000133. The maximum atomic E-state index is 10.3. The molecular formula is C45H37N9O3. The highest BCUT2D eigenvalue weighted by Crippen LogP contribution is 2.19. The van der Waals surface area contributed by atoms with Gasteiger partial charge in [-0.05, 0) is 146 Å². The molecule has 7 N–H and O–H groups in total. The van der Waals surface area contributed by atoms with Crippen molar-refractivity contribution in [1.82, 2.24) is 39.9 Å². The molecule has 10 rings (SSSR count). The molecule has 6 aromatic rings. The van der Waals surface area contributed by atoms with Crippen molar-refractivity contribution in [2.24, 2.45) is 5.73 Å². The normalized spacial score (nSPS) is 12.1. The lowest BCUT2D eigenvalue weighted by Gasteiger charge is -1.90. The molecular weight excluding hydrogens is 715 g/mol. The molecule has 10 heterocycles. The average molecular weight is 752 g/mol. The van der Waals surface area contributed by atoms with E-state index < -0.39 is 5.97 Å². The number of carbonyl (C=O) groups is 2. The molecule has 0 aromatic carbocycles. The van der Waals surface area contributed by atoms with Crippen molar-refractivity contribution in [3.8, 4) is 0 Å². The number of ketones is 1. The van der Waals surface area contributed by atoms with Gasteiger partial charge in [0.1, 0.15) is 5.78 Å². The van der Waals surface area contributed by atoms with Crippen LogP contribution in [0.4, 0.5) is 0 Å². The summed E-state index contributed by atoms with van der Waals surface area (Å²) in [6, 6.07) is 32.7. The molecule has 0 radical (unpaired) electrons. The molecule has 0 saturated heterocycles. The number of hydrogen-bond donors (Lipinski definition) is 6. The number of Topliss-reactive ketones (excluding diaryl/α,β-unsaturated/α-hetero) is 1. The third-order valence-electron chi connectivity index (χ3n) is 8.93. The highest BCUT2D eigenvalue weighted by Gasteiger charge is 2.04. The van der Waals surface area contributed by atoms with Crippen LogP contribution in [0, 0.1) is 0 Å². The molecule has 0 saturated carbocycles. The molecule has 12 heteroatoms. The SMILES string of the molecule is C1=Cc2cc3ccc(cc4nc(cc5ccc(cc1n2)[nH]5)C=C4)[nH]3.C1=Cc2cc3ccc(cc4nc(cc5ccc(cc1n2)[nH]5)C=C4)[nH]3.NCC(=O)CCC(=O)O. The molecule has 0 unspecified atom stereocenters. The molecule has 280 valence electrons. The Hall–Kier alpha value is -7.70. The smallest absolute Gasteiger partial charge is 0.303 e. The minimum Gasteiger partial charge on any atom is -0.481 e. The molecule has 0 spiro atoms. The van der Waals surface area contributed by atoms with Crippen molar-refractivity contribution < 1.29 is 14.7 Å². The van der Waals surface area contributed by atoms with Crippen LogP contribution in [0.1, 0.15) is 58.4 Å². The van der Waals surface area contributed by atoms with Crippen molar-refractivity contribution in [1.29, 1.82) is 0 Å². The number of carboxylic acid groups (broad SMARTS) is 1. The molecule has 4 aliphatic rings. The van der Waals surface area contributed by atoms with Gasteiger partial charge in [0, 0.05) is 50.6 Å². The maximum absolute atomic E-state index is 10.3. The van der Waals surface area contributed by atoms with Gasteiger partial charge >= 0.3 is 5.97 Å². The van der Waals surface area contributed by atoms with E-state index in [0.717, 1.165) is 89.7 Å². The minimum absolute atomic E-state index is 0.0475. The van der Waals surface area contributed by atoms with E-state index in [9.17, 15) is 9.59 Å². The van der Waals surface area contributed by atoms with E-state index in [-0.39, 0.29) is 25.2 Å². The summed E-state index contributed by atoms with van der Waals surface area (Å²) >= 11 is 0. The van der Waals surface area contributed by atoms with Gasteiger partial charge in [-0.1, -0.05) is 0 Å². The number of nitrogens with two attached hydrogens (primary N) is 1. The van der Waals surface area contributed by atoms with Gasteiger partial charge in [-0.15, -0.1) is 0 Å². The molecule has 12 nitrogen and oxygen atoms in total. The van der Waals surface area contributed by atoms with Crippen molar-refractivity contribution >= 4 is 104 Å². The Morgan fingerprint density at radius 1 is 0.404 bits per heavy atom. The number of aromatic amines is 4. The van der Waals surface area contributed by atoms with E-state index >= 15 is 0 Å². The third kappa shape index (κ3) is 9.70. The zero-order valence-electron chi connectivity index (χ0n) is 30.6. The van der Waals surface area contributed by atoms with Gasteiger partial charge in [-0.25, -0.2) is 19.9 Å². The topological polar surface area (TPSA) is 195 Å². The van der Waals surface area contributed by atoms with Gasteiger partial charge in [0.05, 0.1) is 58.5 Å². The fraction of sp³-hybridized carbons (Fsp3) is 0.0667. The monoisotopic (exact) mass is 751 g/mol. The molecule has 0 atom stereocenters. The number of aliphatic carboxylic acids is 1. The van der Waals surface area contributed by atoms with Gasteiger partial charge in [-0.3, -0.25) is 9.59 Å². The van der Waals surface area contributed by atoms with Crippen LogP contribution in [0.2, 0.25) is 0 Å². The molecule has 0 fully saturated rings. The molecule has 57 heavy (non-hydrogen) atoms. The van der Waals surface area contributed by atoms with Gasteiger partial charge in [0.15, 0.2) is 0 Å². The number of H-pyrrole nitrogens is 4. The largest absolute Gasteiger partial charge is 0.481 e. The Kier molecular flexibility index (Phi) is 10.4. The fourth-order valence-corrected chi connectivity index (χ4v) is 6.24. The van der Waals surface area contributed by atoms with Crippen LogP contribution in [-0.2, 0) is 9.59 Å². The second kappa shape index (κ2) is 16.3. The second-order valence-corrected chi connectivity index (χ2v) is 13.4. The van der Waals surface area contributed by atoms with Gasteiger partial charge in [0.25, 0.3) is 0 Å². The van der Waals surface area contributed by atoms with E-state index in [2.05, 4.69) is 88.4 Å². The van der Waals surface area contributed by atoms with E-state index in [4.69, 9.17) is 10.8 Å². The molecule has 4 aliphatic heterocycles. The first-order valence-corrected chi connectivity index (χ1v) is 18.3. The van der Waals surface area contributed by atoms with E-state index in [0.29, 0.717) is 0 Å². The van der Waals surface area contributed by atoms with Crippen molar-refractivity contribution in [2.75, 3.05) is 6.54 Å². The lowest BCUT2D eigenvalue weighted by molar-refractivity contribution is -0.138. The van der Waals surface area contributed by atoms with Crippen LogP contribution in [-0.4, -0.2) is 63.3 Å². The highest BCUT2D eigenvalue weighted by atomic mass is 16.4. The number of aromatic nitrogens is 8. The van der Waals surface area contributed by atoms with E-state index in [1.165, 1.54) is 0 Å². The Morgan fingerprint density at radius 2 is 0.614 bits per heavy atom. The van der Waals surface area contributed by atoms with Gasteiger partial charge in [0.2, 0.25) is 0 Å². The summed E-state index contributed by atoms with van der Waals surface area (Å²) in [4.78, 5) is 52.2. The lowest BCUT2D eigenvalue weighted by Crippen LogP contribution is -2.14. The predicted octanol–water partition coefficient (Wildman–Crippen LogP) is 8.69. The summed E-state index contributed by atoms with van der Waals surface area (Å²) in [6.45, 7) is -0.0622. The number of nitrogens with one attached hydrogen (secondary N) is 4. The van der Waals surface area contributed by atoms with Crippen LogP contribution < -0.4 is 5.73 Å². The molecule has 0 aliphatic carbocycles. The molecule has 16 bridgehead atoms. The Bertz CT molecular complexity index is 2440. The number of fused-ring (bicyclic) bond motifs is 16. The third-order valence-corrected chi connectivity index (χ3v) is 8.93. The van der Waals surface area contributed by atoms with Crippen LogP contribution in [0.25, 0.3) is 92.7 Å². The number of hydrogen-bond acceptors (Lipinski definition) is 7. The first kappa shape index (κ1) is 36.3. The Labute approximate surface area is 326 Å². The zero-order chi connectivity index (χ0) is 39.1. The van der Waals surface area contributed by atoms with Crippen LogP contribution in [0.15, 0.2) is 97.1 Å². The standard InChI is InChI=1S/2C20H14N4.C5H9NO3/c2*1-2-14-10-16-5-6-18(23-16)12-20-8-7-19(24-20)11-17-4-3-15(22-17)9-13(1)21-14;6-3-4(7)1-2-5(8)9/h2*1-12,21,24H;1-3,6H2,(H,8,9). The van der Waals surface area contributed by atoms with Crippen molar-refractivity contribution in [3.05, 3.63) is 143 Å². The van der Waals surface area contributed by atoms with Gasteiger partial charge in [-0.2, -0.15) is 0 Å². The predicted molar refractivity (Wildman–Crippen MR) is 229 cm³/mol. The molecule has 0 amide bonds. The van der Waals surface area contributed by atoms with Crippen LogP contribution in [0.5, 0.6) is 0 Å². The number of carboxylic acids is 1. The van der Waals surface area contributed by atoms with Crippen LogP contribution >= 0.6 is 0 Å². The quantitative estimate of drug-likeness (QED) is 0.103. The fourth-order valence-electron chi connectivity index (χ4n) is 6.24. The van der Waals surface area contributed by atoms with Gasteiger partial charge < -0.3 is 30.8 Å². The number of carbonyl (C=O) groups excluding carboxylic acids is 1.